The van der Waals surface area contributed by atoms with Gasteiger partial charge in [-0.05, 0) is 19.4 Å². The molecule has 0 saturated heterocycles. The molecular weight excluding hydrogens is 264 g/mol. The smallest absolute Gasteiger partial charge is 0.170 e. The molecule has 0 bridgehead atoms. The maximum absolute atomic E-state index is 12.2. The fourth-order valence-electron chi connectivity index (χ4n) is 1.90. The summed E-state index contributed by atoms with van der Waals surface area (Å²) in [4.78, 5) is 12.2. The van der Waals surface area contributed by atoms with Gasteiger partial charge < -0.3 is 0 Å². The van der Waals surface area contributed by atoms with Gasteiger partial charge in [0.25, 0.3) is 0 Å². The lowest BCUT2D eigenvalue weighted by atomic mass is 10.1. The van der Waals surface area contributed by atoms with Gasteiger partial charge in [0.1, 0.15) is 0 Å². The van der Waals surface area contributed by atoms with E-state index >= 15 is 0 Å². The van der Waals surface area contributed by atoms with Crippen molar-refractivity contribution in [1.29, 1.82) is 0 Å². The molecule has 0 atom stereocenters. The minimum Gasteiger partial charge on any atom is -0.294 e. The molecule has 2 aromatic heterocycles. The number of carbonyl (C=O) groups is 1. The number of aryl methyl sites for hydroxylation is 2. The summed E-state index contributed by atoms with van der Waals surface area (Å²) in [5, 5.41) is 12.4. The lowest BCUT2D eigenvalue weighted by Crippen LogP contribution is -2.10. The monoisotopic (exact) mass is 278 g/mol. The lowest BCUT2D eigenvalue weighted by molar-refractivity contribution is 0.0990. The summed E-state index contributed by atoms with van der Waals surface area (Å²) in [6, 6.07) is 1.65. The van der Waals surface area contributed by atoms with E-state index in [1.54, 1.807) is 10.7 Å². The number of hydrogen-bond donors (Lipinski definition) is 0. The fourth-order valence-corrected chi connectivity index (χ4v) is 2.23. The number of Topliss-reactive ketones (excluding diaryl/α,β-unsaturated/α-hetero) is 1. The first-order valence-corrected chi connectivity index (χ1v) is 6.59. The van der Waals surface area contributed by atoms with E-state index in [0.29, 0.717) is 17.1 Å². The Bertz CT molecular complexity index is 580. The molecule has 5 nitrogen and oxygen atoms in total. The van der Waals surface area contributed by atoms with Gasteiger partial charge in [-0.2, -0.15) is 15.3 Å². The molecule has 100 valence electrons. The molecule has 0 aliphatic carbocycles. The molecule has 0 aliphatic heterocycles. The van der Waals surface area contributed by atoms with Crippen LogP contribution in [0.2, 0.25) is 5.02 Å². The van der Waals surface area contributed by atoms with E-state index < -0.39 is 0 Å². The molecule has 0 saturated carbocycles. The Balaban J connectivity index is 2.28. The van der Waals surface area contributed by atoms with E-state index in [0.717, 1.165) is 17.8 Å². The Hall–Kier alpha value is -1.75. The van der Waals surface area contributed by atoms with Gasteiger partial charge in [-0.15, -0.1) is 0 Å². The van der Waals surface area contributed by atoms with Crippen LogP contribution in [0.5, 0.6) is 0 Å². The number of hydrogen-bond acceptors (Lipinski definition) is 4. The summed E-state index contributed by atoms with van der Waals surface area (Å²) < 4.78 is 1.79. The summed E-state index contributed by atoms with van der Waals surface area (Å²) in [7, 11) is 0. The molecule has 19 heavy (non-hydrogen) atoms. The van der Waals surface area contributed by atoms with Gasteiger partial charge >= 0.3 is 0 Å². The SMILES string of the molecule is CCc1nn(CC)c(CC(=O)c2ccnnc2)c1Cl. The Morgan fingerprint density at radius 3 is 2.74 bits per heavy atom. The second-order valence-corrected chi connectivity index (χ2v) is 4.49. The number of halogens is 1. The second-order valence-electron chi connectivity index (χ2n) is 4.11. The van der Waals surface area contributed by atoms with Crippen LogP contribution in [0.15, 0.2) is 18.5 Å². The van der Waals surface area contributed by atoms with Crippen molar-refractivity contribution in [2.75, 3.05) is 0 Å². The first-order valence-electron chi connectivity index (χ1n) is 6.21. The number of carbonyl (C=O) groups excluding carboxylic acids is 1. The Morgan fingerprint density at radius 1 is 1.37 bits per heavy atom. The van der Waals surface area contributed by atoms with E-state index in [2.05, 4.69) is 15.3 Å². The van der Waals surface area contributed by atoms with Gasteiger partial charge in [-0.25, -0.2) is 0 Å². The number of aromatic nitrogens is 4. The van der Waals surface area contributed by atoms with Gasteiger partial charge in [-0.1, -0.05) is 18.5 Å². The van der Waals surface area contributed by atoms with Crippen molar-refractivity contribution in [3.63, 3.8) is 0 Å². The molecule has 0 N–H and O–H groups in total. The summed E-state index contributed by atoms with van der Waals surface area (Å²) in [6.45, 7) is 4.66. The van der Waals surface area contributed by atoms with Crippen LogP contribution in [-0.2, 0) is 19.4 Å². The molecule has 0 radical (unpaired) electrons. The first kappa shape index (κ1) is 13.7. The first-order chi connectivity index (χ1) is 9.17. The predicted molar refractivity (Wildman–Crippen MR) is 72.4 cm³/mol. The van der Waals surface area contributed by atoms with Crippen LogP contribution < -0.4 is 0 Å². The molecule has 0 aromatic carbocycles. The van der Waals surface area contributed by atoms with Crippen molar-refractivity contribution in [2.24, 2.45) is 0 Å². The average Bonchev–Trinajstić information content (AvgIpc) is 2.76. The van der Waals surface area contributed by atoms with Crippen molar-refractivity contribution >= 4 is 17.4 Å². The van der Waals surface area contributed by atoms with Crippen molar-refractivity contribution in [1.82, 2.24) is 20.0 Å². The van der Waals surface area contributed by atoms with E-state index in [-0.39, 0.29) is 12.2 Å². The molecule has 0 amide bonds. The number of nitrogens with zero attached hydrogens (tertiary/aromatic N) is 4. The maximum atomic E-state index is 12.2. The quantitative estimate of drug-likeness (QED) is 0.788. The standard InChI is InChI=1S/C13H15ClN4O/c1-3-10-13(14)11(18(4-2)17-10)7-12(19)9-5-6-15-16-8-9/h5-6,8H,3-4,7H2,1-2H3. The van der Waals surface area contributed by atoms with Gasteiger partial charge in [0.2, 0.25) is 0 Å². The summed E-state index contributed by atoms with van der Waals surface area (Å²) in [5.74, 6) is -0.0333. The minimum atomic E-state index is -0.0333. The van der Waals surface area contributed by atoms with Gasteiger partial charge in [-0.3, -0.25) is 9.48 Å². The molecule has 0 unspecified atom stereocenters. The highest BCUT2D eigenvalue weighted by Crippen LogP contribution is 2.23. The molecule has 2 heterocycles. The van der Waals surface area contributed by atoms with Crippen LogP contribution in [0.1, 0.15) is 35.6 Å². The van der Waals surface area contributed by atoms with Crippen molar-refractivity contribution in [3.05, 3.63) is 40.4 Å². The molecule has 2 rings (SSSR count). The summed E-state index contributed by atoms with van der Waals surface area (Å²) in [5.41, 5.74) is 2.13. The van der Waals surface area contributed by atoms with E-state index in [1.165, 1.54) is 12.4 Å². The highest BCUT2D eigenvalue weighted by molar-refractivity contribution is 6.32. The van der Waals surface area contributed by atoms with Crippen LogP contribution in [-0.4, -0.2) is 25.8 Å². The van der Waals surface area contributed by atoms with Crippen LogP contribution >= 0.6 is 11.6 Å². The van der Waals surface area contributed by atoms with Crippen LogP contribution in [0.3, 0.4) is 0 Å². The third-order valence-corrected chi connectivity index (χ3v) is 3.36. The van der Waals surface area contributed by atoms with Crippen LogP contribution in [0, 0.1) is 0 Å². The van der Waals surface area contributed by atoms with E-state index in [9.17, 15) is 4.79 Å². The molecule has 6 heteroatoms. The molecule has 2 aromatic rings. The zero-order chi connectivity index (χ0) is 13.8. The average molecular weight is 279 g/mol. The predicted octanol–water partition coefficient (Wildman–Crippen LogP) is 2.33. The van der Waals surface area contributed by atoms with Crippen molar-refractivity contribution in [2.45, 2.75) is 33.2 Å². The largest absolute Gasteiger partial charge is 0.294 e. The normalized spacial score (nSPS) is 10.7. The second kappa shape index (κ2) is 5.93. The number of ketones is 1. The van der Waals surface area contributed by atoms with E-state index in [4.69, 9.17) is 11.6 Å². The Labute approximate surface area is 116 Å². The minimum absolute atomic E-state index is 0.0333. The zero-order valence-corrected chi connectivity index (χ0v) is 11.7. The van der Waals surface area contributed by atoms with Crippen LogP contribution in [0.25, 0.3) is 0 Å². The number of rotatable bonds is 5. The third-order valence-electron chi connectivity index (χ3n) is 2.93. The molecule has 0 fully saturated rings. The third kappa shape index (κ3) is 2.81. The van der Waals surface area contributed by atoms with Crippen LogP contribution in [0.4, 0.5) is 0 Å². The maximum Gasteiger partial charge on any atom is 0.170 e. The lowest BCUT2D eigenvalue weighted by Gasteiger charge is -2.04. The summed E-state index contributed by atoms with van der Waals surface area (Å²) in [6.07, 6.45) is 3.95. The fraction of sp³-hybridized carbons (Fsp3) is 0.385. The zero-order valence-electron chi connectivity index (χ0n) is 10.9. The van der Waals surface area contributed by atoms with Crippen molar-refractivity contribution in [3.8, 4) is 0 Å². The van der Waals surface area contributed by atoms with Gasteiger partial charge in [0.05, 0.1) is 35.2 Å². The molecule has 0 aliphatic rings. The Kier molecular flexibility index (Phi) is 4.27. The molecular formula is C13H15ClN4O. The van der Waals surface area contributed by atoms with Gasteiger partial charge in [0, 0.05) is 12.1 Å². The highest BCUT2D eigenvalue weighted by Gasteiger charge is 2.18. The van der Waals surface area contributed by atoms with E-state index in [1.807, 2.05) is 13.8 Å². The topological polar surface area (TPSA) is 60.7 Å². The van der Waals surface area contributed by atoms with Gasteiger partial charge in [0.15, 0.2) is 5.78 Å². The highest BCUT2D eigenvalue weighted by atomic mass is 35.5. The summed E-state index contributed by atoms with van der Waals surface area (Å²) >= 11 is 6.28. The Morgan fingerprint density at radius 2 is 2.16 bits per heavy atom. The molecule has 0 spiro atoms. The van der Waals surface area contributed by atoms with Crippen molar-refractivity contribution < 1.29 is 4.79 Å².